The Morgan fingerprint density at radius 2 is 1.50 bits per heavy atom. The molecule has 0 aromatic carbocycles. The largest absolute Gasteiger partial charge is 0.771 e. The van der Waals surface area contributed by atoms with Crippen LogP contribution in [0.25, 0.3) is 0 Å². The van der Waals surface area contributed by atoms with Gasteiger partial charge in [0.15, 0.2) is 28.1 Å². The maximum absolute atomic E-state index is 12.1. The molecule has 6 rings (SSSR count). The Bertz CT molecular complexity index is 1250. The van der Waals surface area contributed by atoms with E-state index >= 15 is 0 Å². The van der Waals surface area contributed by atoms with Gasteiger partial charge < -0.3 is 23.5 Å². The predicted octanol–water partition coefficient (Wildman–Crippen LogP) is 5.51. The Hall–Kier alpha value is -1.43. The van der Waals surface area contributed by atoms with Crippen molar-refractivity contribution in [2.75, 3.05) is 11.8 Å². The lowest BCUT2D eigenvalue weighted by Crippen LogP contribution is -2.42. The third-order valence-electron chi connectivity index (χ3n) is 11.7. The molecule has 0 radical (unpaired) electrons. The molecule has 0 amide bonds. The first-order valence-corrected chi connectivity index (χ1v) is 20.2. The van der Waals surface area contributed by atoms with Crippen LogP contribution < -0.4 is 0 Å². The van der Waals surface area contributed by atoms with Crippen LogP contribution in [0.1, 0.15) is 116 Å². The van der Waals surface area contributed by atoms with Crippen molar-refractivity contribution in [1.29, 1.82) is 0 Å². The second-order valence-corrected chi connectivity index (χ2v) is 16.6. The lowest BCUT2D eigenvalue weighted by molar-refractivity contribution is -0.546. The highest BCUT2D eigenvalue weighted by Gasteiger charge is 2.49. The summed E-state index contributed by atoms with van der Waals surface area (Å²) >= 11 is -2.26. The van der Waals surface area contributed by atoms with E-state index in [0.717, 1.165) is 50.0 Å². The number of nitrogens with zero attached hydrogens (tertiary/aromatic N) is 2. The fraction of sp³-hybridized carbons (Fsp3) is 0.848. The summed E-state index contributed by atoms with van der Waals surface area (Å²) in [6.45, 7) is 2.01. The summed E-state index contributed by atoms with van der Waals surface area (Å²) in [5, 5.41) is 0. The molecule has 7 atom stereocenters. The average molecular weight is 652 g/mol. The van der Waals surface area contributed by atoms with Crippen LogP contribution in [0.5, 0.6) is 0 Å². The lowest BCUT2D eigenvalue weighted by atomic mass is 9.71. The molecule has 4 aliphatic carbocycles. The Morgan fingerprint density at radius 1 is 0.886 bits per heavy atom. The molecule has 0 N–H and O–H groups in total. The van der Waals surface area contributed by atoms with Crippen LogP contribution >= 0.6 is 0 Å². The summed E-state index contributed by atoms with van der Waals surface area (Å²) in [4.78, 5) is 1.93. The molecule has 0 bridgehead atoms. The van der Waals surface area contributed by atoms with Crippen molar-refractivity contribution in [1.82, 2.24) is 4.90 Å². The molecule has 44 heavy (non-hydrogen) atoms. The summed E-state index contributed by atoms with van der Waals surface area (Å²) in [7, 11) is -4.52. The monoisotopic (exact) mass is 651 g/mol. The third-order valence-corrected chi connectivity index (χ3v) is 12.8. The van der Waals surface area contributed by atoms with Gasteiger partial charge in [-0.25, -0.2) is 8.42 Å². The molecule has 2 aliphatic heterocycles. The minimum absolute atomic E-state index is 0.0279. The van der Waals surface area contributed by atoms with Gasteiger partial charge in [-0.3, -0.25) is 4.21 Å². The van der Waals surface area contributed by atoms with E-state index in [-0.39, 0.29) is 30.2 Å². The Labute approximate surface area is 266 Å². The van der Waals surface area contributed by atoms with Crippen LogP contribution in [0, 0.1) is 23.7 Å². The maximum Gasteiger partial charge on any atom is 0.364 e. The summed E-state index contributed by atoms with van der Waals surface area (Å²) < 4.78 is 74.8. The van der Waals surface area contributed by atoms with E-state index in [4.69, 9.17) is 9.47 Å². The van der Waals surface area contributed by atoms with Gasteiger partial charge in [0.05, 0.1) is 18.0 Å². The molecular formula is C33H51N2O7S2-. The van der Waals surface area contributed by atoms with E-state index in [1.807, 2.05) is 24.0 Å². The van der Waals surface area contributed by atoms with E-state index in [1.165, 1.54) is 64.2 Å². The molecule has 7 unspecified atom stereocenters. The maximum atomic E-state index is 12.1. The first kappa shape index (κ1) is 32.5. The standard InChI is InChI=1S/C33H52N2O7S2/c1-2-23(17-32-34(21-43(36)37)28-19-26(13-15-30(28)41-32)24-9-5-3-6-10-24)18-33-35(22-44(38,39)40)29-20-27(14-16-31(29)42-33)25-11-7-4-8-12-25/h17-18,24-31H,2-16,19-22H2,1H3,(H-,36,37,38,39,40)/p-1. The molecule has 2 heterocycles. The zero-order valence-electron chi connectivity index (χ0n) is 26.3. The van der Waals surface area contributed by atoms with E-state index in [1.54, 1.807) is 4.58 Å². The molecule has 11 heteroatoms. The van der Waals surface area contributed by atoms with Crippen LogP contribution in [0.3, 0.4) is 0 Å². The van der Waals surface area contributed by atoms with E-state index in [0.29, 0.717) is 36.0 Å². The highest BCUT2D eigenvalue weighted by Crippen LogP contribution is 2.45. The van der Waals surface area contributed by atoms with Gasteiger partial charge in [-0.2, -0.15) is 4.58 Å². The smallest absolute Gasteiger partial charge is 0.364 e. The van der Waals surface area contributed by atoms with Crippen molar-refractivity contribution in [3.8, 4) is 0 Å². The van der Waals surface area contributed by atoms with Crippen molar-refractivity contribution in [3.05, 3.63) is 23.6 Å². The molecule has 9 nitrogen and oxygen atoms in total. The van der Waals surface area contributed by atoms with Crippen molar-refractivity contribution in [2.45, 2.75) is 140 Å². The van der Waals surface area contributed by atoms with E-state index in [9.17, 15) is 21.7 Å². The van der Waals surface area contributed by atoms with Gasteiger partial charge in [-0.15, -0.1) is 0 Å². The second-order valence-electron chi connectivity index (χ2n) is 14.3. The van der Waals surface area contributed by atoms with Gasteiger partial charge in [-0.1, -0.05) is 71.1 Å². The van der Waals surface area contributed by atoms with E-state index < -0.39 is 27.1 Å². The SMILES string of the molecule is CCC(=C/C1=[N+](CS(=O)(=O)[O-])C2CC(C3CCCCC3)CCC2O1)/C=C1\OC2CCC(C3CCCCC3)CC2N1CS(=O)[O-]. The van der Waals surface area contributed by atoms with Crippen molar-refractivity contribution < 1.29 is 35.8 Å². The fourth-order valence-corrected chi connectivity index (χ4v) is 10.7. The van der Waals surface area contributed by atoms with Crippen LogP contribution in [0.15, 0.2) is 23.6 Å². The minimum Gasteiger partial charge on any atom is -0.771 e. The summed E-state index contributed by atoms with van der Waals surface area (Å²) in [6.07, 6.45) is 22.8. The molecule has 4 saturated carbocycles. The number of hydrogen-bond acceptors (Lipinski definition) is 8. The average Bonchev–Trinajstić information content (AvgIpc) is 3.52. The number of fused-ring (bicyclic) bond motifs is 2. The van der Waals surface area contributed by atoms with Gasteiger partial charge >= 0.3 is 5.90 Å². The Morgan fingerprint density at radius 3 is 2.09 bits per heavy atom. The third kappa shape index (κ3) is 7.58. The molecule has 0 aromatic rings. The molecule has 0 aromatic heterocycles. The number of allylic oxidation sites excluding steroid dienone is 2. The Balaban J connectivity index is 1.25. The summed E-state index contributed by atoms with van der Waals surface area (Å²) in [6, 6.07) is -0.0897. The molecule has 6 aliphatic rings. The van der Waals surface area contributed by atoms with Crippen LogP contribution in [-0.4, -0.2) is 73.2 Å². The van der Waals surface area contributed by atoms with Crippen molar-refractivity contribution in [2.24, 2.45) is 23.7 Å². The zero-order valence-corrected chi connectivity index (χ0v) is 27.9. The number of ether oxygens (including phenoxy) is 2. The Kier molecular flexibility index (Phi) is 10.4. The second kappa shape index (κ2) is 14.1. The van der Waals surface area contributed by atoms with Gasteiger partial charge in [0.25, 0.3) is 0 Å². The van der Waals surface area contributed by atoms with Crippen LogP contribution in [-0.2, 0) is 30.7 Å². The first-order valence-electron chi connectivity index (χ1n) is 17.3. The van der Waals surface area contributed by atoms with Gasteiger partial charge in [0.2, 0.25) is 5.88 Å². The van der Waals surface area contributed by atoms with Gasteiger partial charge in [0, 0.05) is 12.5 Å². The quantitative estimate of drug-likeness (QED) is 0.182. The van der Waals surface area contributed by atoms with E-state index in [2.05, 4.69) is 0 Å². The van der Waals surface area contributed by atoms with Crippen molar-refractivity contribution >= 4 is 27.1 Å². The summed E-state index contributed by atoms with van der Waals surface area (Å²) in [5.74, 6) is 2.82. The number of rotatable bonds is 9. The van der Waals surface area contributed by atoms with Gasteiger partial charge in [-0.05, 0) is 78.9 Å². The molecule has 0 spiro atoms. The highest BCUT2D eigenvalue weighted by molar-refractivity contribution is 7.85. The predicted molar refractivity (Wildman–Crippen MR) is 167 cm³/mol. The number of hydrogen-bond donors (Lipinski definition) is 0. The molecule has 248 valence electrons. The van der Waals surface area contributed by atoms with Gasteiger partial charge in [0.1, 0.15) is 6.10 Å². The fourth-order valence-electron chi connectivity index (χ4n) is 9.47. The van der Waals surface area contributed by atoms with Crippen LogP contribution in [0.4, 0.5) is 0 Å². The van der Waals surface area contributed by atoms with Crippen LogP contribution in [0.2, 0.25) is 0 Å². The highest BCUT2D eigenvalue weighted by atomic mass is 32.2. The normalized spacial score (nSPS) is 35.8. The summed E-state index contributed by atoms with van der Waals surface area (Å²) in [5.41, 5.74) is 0.856. The first-order chi connectivity index (χ1) is 21.2. The molecule has 1 saturated heterocycles. The molecule has 5 fully saturated rings. The zero-order chi connectivity index (χ0) is 30.8. The van der Waals surface area contributed by atoms with Crippen molar-refractivity contribution in [3.63, 3.8) is 0 Å². The topological polar surface area (TPSA) is 122 Å². The lowest BCUT2D eigenvalue weighted by Gasteiger charge is -2.39. The minimum atomic E-state index is -4.52. The molecular weight excluding hydrogens is 601 g/mol.